The Morgan fingerprint density at radius 3 is 2.69 bits per heavy atom. The third kappa shape index (κ3) is 2.19. The molecule has 0 aromatic heterocycles. The average Bonchev–Trinajstić information content (AvgIpc) is 3.10. The summed E-state index contributed by atoms with van der Waals surface area (Å²) >= 11 is 0. The summed E-state index contributed by atoms with van der Waals surface area (Å²) in [6.45, 7) is 5.44. The highest BCUT2D eigenvalue weighted by Crippen LogP contribution is 2.33. The summed E-state index contributed by atoms with van der Waals surface area (Å²) in [5.41, 5.74) is 3.29. The van der Waals surface area contributed by atoms with Crippen LogP contribution in [0.4, 0.5) is 5.69 Å². The zero-order chi connectivity index (χ0) is 11.5. The first kappa shape index (κ1) is 11.0. The molecule has 2 rings (SSSR count). The third-order valence-electron chi connectivity index (χ3n) is 3.09. The van der Waals surface area contributed by atoms with Crippen LogP contribution in [0.3, 0.4) is 0 Å². The van der Waals surface area contributed by atoms with E-state index in [1.165, 1.54) is 30.5 Å². The van der Waals surface area contributed by atoms with E-state index < -0.39 is 0 Å². The standard InChI is InChI=1S/C14H18N2/c1-3-8-16(13-5-6-13)14-7-4-12(10-15)9-11(14)2/h4,7,9,13H,3,5-6,8H2,1-2H3. The Morgan fingerprint density at radius 1 is 1.44 bits per heavy atom. The van der Waals surface area contributed by atoms with Crippen LogP contribution in [0.15, 0.2) is 18.2 Å². The maximum Gasteiger partial charge on any atom is 0.0991 e. The first-order valence-electron chi connectivity index (χ1n) is 6.03. The number of nitrogens with zero attached hydrogens (tertiary/aromatic N) is 2. The molecule has 1 aliphatic rings. The van der Waals surface area contributed by atoms with Gasteiger partial charge in [-0.1, -0.05) is 6.92 Å². The Morgan fingerprint density at radius 2 is 2.19 bits per heavy atom. The van der Waals surface area contributed by atoms with Crippen LogP contribution in [0, 0.1) is 18.3 Å². The molecule has 1 saturated carbocycles. The van der Waals surface area contributed by atoms with Gasteiger partial charge in [0.25, 0.3) is 0 Å². The highest BCUT2D eigenvalue weighted by molar-refractivity contribution is 5.57. The molecule has 1 fully saturated rings. The van der Waals surface area contributed by atoms with Crippen molar-refractivity contribution in [1.29, 1.82) is 5.26 Å². The number of hydrogen-bond acceptors (Lipinski definition) is 2. The lowest BCUT2D eigenvalue weighted by Crippen LogP contribution is -2.27. The van der Waals surface area contributed by atoms with Gasteiger partial charge in [0.2, 0.25) is 0 Å². The smallest absolute Gasteiger partial charge is 0.0991 e. The molecule has 0 radical (unpaired) electrons. The lowest BCUT2D eigenvalue weighted by Gasteiger charge is -2.26. The van der Waals surface area contributed by atoms with E-state index in [4.69, 9.17) is 5.26 Å². The summed E-state index contributed by atoms with van der Waals surface area (Å²) in [5, 5.41) is 8.85. The van der Waals surface area contributed by atoms with E-state index in [0.29, 0.717) is 0 Å². The maximum atomic E-state index is 8.85. The van der Waals surface area contributed by atoms with E-state index in [1.54, 1.807) is 0 Å². The average molecular weight is 214 g/mol. The number of nitriles is 1. The van der Waals surface area contributed by atoms with Gasteiger partial charge in [-0.25, -0.2) is 0 Å². The summed E-state index contributed by atoms with van der Waals surface area (Å²) < 4.78 is 0. The third-order valence-corrected chi connectivity index (χ3v) is 3.09. The molecule has 0 N–H and O–H groups in total. The van der Waals surface area contributed by atoms with Gasteiger partial charge >= 0.3 is 0 Å². The predicted octanol–water partition coefficient (Wildman–Crippen LogP) is 3.25. The minimum Gasteiger partial charge on any atom is -0.368 e. The van der Waals surface area contributed by atoms with Gasteiger partial charge in [-0.05, 0) is 49.9 Å². The Labute approximate surface area is 97.5 Å². The molecular weight excluding hydrogens is 196 g/mol. The van der Waals surface area contributed by atoms with Gasteiger partial charge in [0.15, 0.2) is 0 Å². The Hall–Kier alpha value is -1.49. The highest BCUT2D eigenvalue weighted by Gasteiger charge is 2.29. The van der Waals surface area contributed by atoms with E-state index in [2.05, 4.69) is 30.9 Å². The number of hydrogen-bond donors (Lipinski definition) is 0. The Balaban J connectivity index is 2.27. The first-order valence-corrected chi connectivity index (χ1v) is 6.03. The monoisotopic (exact) mass is 214 g/mol. The molecule has 0 unspecified atom stereocenters. The van der Waals surface area contributed by atoms with Crippen LogP contribution in [0.5, 0.6) is 0 Å². The van der Waals surface area contributed by atoms with E-state index >= 15 is 0 Å². The van der Waals surface area contributed by atoms with Crippen LogP contribution in [-0.4, -0.2) is 12.6 Å². The van der Waals surface area contributed by atoms with Crippen LogP contribution in [0.2, 0.25) is 0 Å². The SMILES string of the molecule is CCCN(c1ccc(C#N)cc1C)C1CC1. The topological polar surface area (TPSA) is 27.0 Å². The predicted molar refractivity (Wildman–Crippen MR) is 66.6 cm³/mol. The summed E-state index contributed by atoms with van der Waals surface area (Å²) in [4.78, 5) is 2.50. The number of aryl methyl sites for hydroxylation is 1. The van der Waals surface area contributed by atoms with Crippen molar-refractivity contribution in [1.82, 2.24) is 0 Å². The van der Waals surface area contributed by atoms with Crippen molar-refractivity contribution < 1.29 is 0 Å². The van der Waals surface area contributed by atoms with Crippen molar-refractivity contribution in [2.24, 2.45) is 0 Å². The van der Waals surface area contributed by atoms with Gasteiger partial charge in [0.1, 0.15) is 0 Å². The molecule has 2 nitrogen and oxygen atoms in total. The molecule has 0 spiro atoms. The molecule has 0 saturated heterocycles. The lowest BCUT2D eigenvalue weighted by molar-refractivity contribution is 0.760. The molecular formula is C14H18N2. The summed E-state index contributed by atoms with van der Waals surface area (Å²) in [6.07, 6.45) is 3.81. The largest absolute Gasteiger partial charge is 0.368 e. The molecule has 0 heterocycles. The number of anilines is 1. The van der Waals surface area contributed by atoms with Crippen molar-refractivity contribution >= 4 is 5.69 Å². The van der Waals surface area contributed by atoms with Crippen molar-refractivity contribution in [3.05, 3.63) is 29.3 Å². The number of rotatable bonds is 4. The summed E-state index contributed by atoms with van der Waals surface area (Å²) in [6, 6.07) is 8.94. The van der Waals surface area contributed by atoms with E-state index in [9.17, 15) is 0 Å². The maximum absolute atomic E-state index is 8.85. The second-order valence-corrected chi connectivity index (χ2v) is 4.54. The number of benzene rings is 1. The highest BCUT2D eigenvalue weighted by atomic mass is 15.2. The second-order valence-electron chi connectivity index (χ2n) is 4.54. The van der Waals surface area contributed by atoms with Crippen molar-refractivity contribution in [3.63, 3.8) is 0 Å². The molecule has 84 valence electrons. The van der Waals surface area contributed by atoms with Gasteiger partial charge in [-0.3, -0.25) is 0 Å². The van der Waals surface area contributed by atoms with Crippen LogP contribution in [0.25, 0.3) is 0 Å². The Kier molecular flexibility index (Phi) is 3.14. The molecule has 16 heavy (non-hydrogen) atoms. The molecule has 0 aliphatic heterocycles. The van der Waals surface area contributed by atoms with Crippen molar-refractivity contribution in [2.75, 3.05) is 11.4 Å². The minimum atomic E-state index is 0.742. The van der Waals surface area contributed by atoms with Crippen LogP contribution in [0.1, 0.15) is 37.3 Å². The second kappa shape index (κ2) is 4.57. The van der Waals surface area contributed by atoms with Crippen molar-refractivity contribution in [2.45, 2.75) is 39.2 Å². The molecule has 1 aromatic carbocycles. The summed E-state index contributed by atoms with van der Waals surface area (Å²) in [7, 11) is 0. The molecule has 0 bridgehead atoms. The van der Waals surface area contributed by atoms with Crippen LogP contribution in [-0.2, 0) is 0 Å². The molecule has 0 amide bonds. The molecule has 1 aliphatic carbocycles. The van der Waals surface area contributed by atoms with Crippen LogP contribution < -0.4 is 4.90 Å². The molecule has 1 aromatic rings. The van der Waals surface area contributed by atoms with Gasteiger partial charge in [-0.2, -0.15) is 5.26 Å². The van der Waals surface area contributed by atoms with Gasteiger partial charge in [0, 0.05) is 18.3 Å². The van der Waals surface area contributed by atoms with Gasteiger partial charge < -0.3 is 4.90 Å². The zero-order valence-electron chi connectivity index (χ0n) is 10.0. The van der Waals surface area contributed by atoms with E-state index in [0.717, 1.165) is 18.2 Å². The van der Waals surface area contributed by atoms with Crippen LogP contribution >= 0.6 is 0 Å². The molecule has 2 heteroatoms. The minimum absolute atomic E-state index is 0.742. The molecule has 0 atom stereocenters. The van der Waals surface area contributed by atoms with E-state index in [1.807, 2.05) is 12.1 Å². The lowest BCUT2D eigenvalue weighted by atomic mass is 10.1. The Bertz CT molecular complexity index is 413. The normalized spacial score (nSPS) is 14.6. The zero-order valence-corrected chi connectivity index (χ0v) is 10.0. The van der Waals surface area contributed by atoms with Gasteiger partial charge in [0.05, 0.1) is 11.6 Å². The van der Waals surface area contributed by atoms with E-state index in [-0.39, 0.29) is 0 Å². The first-order chi connectivity index (χ1) is 7.76. The van der Waals surface area contributed by atoms with Gasteiger partial charge in [-0.15, -0.1) is 0 Å². The summed E-state index contributed by atoms with van der Waals surface area (Å²) in [5.74, 6) is 0. The van der Waals surface area contributed by atoms with Crippen molar-refractivity contribution in [3.8, 4) is 6.07 Å². The fraction of sp³-hybridized carbons (Fsp3) is 0.500. The fourth-order valence-corrected chi connectivity index (χ4v) is 2.17. The quantitative estimate of drug-likeness (QED) is 0.769. The fourth-order valence-electron chi connectivity index (χ4n) is 2.17.